The zero-order valence-electron chi connectivity index (χ0n) is 15.7. The third kappa shape index (κ3) is 4.16. The minimum Gasteiger partial charge on any atom is -0.493 e. The fourth-order valence-electron chi connectivity index (χ4n) is 2.78. The van der Waals surface area contributed by atoms with Crippen LogP contribution in [0.25, 0.3) is 22.2 Å². The van der Waals surface area contributed by atoms with Gasteiger partial charge in [0.15, 0.2) is 17.1 Å². The molecule has 3 aromatic heterocycles. The molecule has 3 heterocycles. The summed E-state index contributed by atoms with van der Waals surface area (Å²) >= 11 is 0. The second kappa shape index (κ2) is 8.39. The number of carbonyl (C=O) groups is 1. The van der Waals surface area contributed by atoms with Crippen molar-refractivity contribution in [3.63, 3.8) is 0 Å². The molecule has 0 fully saturated rings. The van der Waals surface area contributed by atoms with Crippen molar-refractivity contribution in [1.29, 1.82) is 0 Å². The van der Waals surface area contributed by atoms with Crippen LogP contribution in [0.4, 0.5) is 0 Å². The van der Waals surface area contributed by atoms with Gasteiger partial charge in [0.05, 0.1) is 19.3 Å². The van der Waals surface area contributed by atoms with Crippen LogP contribution in [0.1, 0.15) is 10.6 Å². The van der Waals surface area contributed by atoms with E-state index < -0.39 is 0 Å². The van der Waals surface area contributed by atoms with Gasteiger partial charge in [0.25, 0.3) is 5.91 Å². The van der Waals surface area contributed by atoms with Crippen molar-refractivity contribution in [3.05, 3.63) is 66.7 Å². The summed E-state index contributed by atoms with van der Waals surface area (Å²) in [6, 6.07) is 14.4. The highest BCUT2D eigenvalue weighted by Gasteiger charge is 2.14. The maximum Gasteiger partial charge on any atom is 0.287 e. The van der Waals surface area contributed by atoms with Crippen LogP contribution in [0.2, 0.25) is 0 Å². The summed E-state index contributed by atoms with van der Waals surface area (Å²) in [7, 11) is 1.56. The largest absolute Gasteiger partial charge is 0.493 e. The van der Waals surface area contributed by atoms with Gasteiger partial charge in [0, 0.05) is 29.4 Å². The molecule has 0 saturated heterocycles. The first-order valence-electron chi connectivity index (χ1n) is 8.96. The van der Waals surface area contributed by atoms with Gasteiger partial charge < -0.3 is 19.2 Å². The first-order valence-corrected chi connectivity index (χ1v) is 8.96. The minimum absolute atomic E-state index is 0.213. The standard InChI is InChI=1S/C21H18N4O4/c1-27-17-6-2-4-14-12-18(29-20(14)17)21(26)23-10-11-28-19-8-7-16(24-25-19)15-5-3-9-22-13-15/h2-9,12-13H,10-11H2,1H3,(H,23,26). The Bertz CT molecular complexity index is 1110. The number of ether oxygens (including phenoxy) is 2. The Morgan fingerprint density at radius 3 is 2.83 bits per heavy atom. The molecule has 0 aliphatic heterocycles. The van der Waals surface area contributed by atoms with Crippen LogP contribution in [-0.4, -0.2) is 41.3 Å². The lowest BCUT2D eigenvalue weighted by Crippen LogP contribution is -2.27. The summed E-state index contributed by atoms with van der Waals surface area (Å²) in [5, 5.41) is 11.7. The molecule has 29 heavy (non-hydrogen) atoms. The Labute approximate surface area is 166 Å². The number of amides is 1. The highest BCUT2D eigenvalue weighted by Crippen LogP contribution is 2.28. The van der Waals surface area contributed by atoms with Crippen molar-refractivity contribution in [1.82, 2.24) is 20.5 Å². The fourth-order valence-corrected chi connectivity index (χ4v) is 2.78. The number of pyridine rings is 1. The smallest absolute Gasteiger partial charge is 0.287 e. The van der Waals surface area contributed by atoms with Crippen molar-refractivity contribution in [2.24, 2.45) is 0 Å². The third-order valence-corrected chi connectivity index (χ3v) is 4.19. The molecule has 4 aromatic rings. The molecule has 0 atom stereocenters. The van der Waals surface area contributed by atoms with Gasteiger partial charge in [-0.1, -0.05) is 12.1 Å². The lowest BCUT2D eigenvalue weighted by molar-refractivity contribution is 0.0921. The van der Waals surface area contributed by atoms with Gasteiger partial charge in [-0.25, -0.2) is 0 Å². The van der Waals surface area contributed by atoms with Gasteiger partial charge in [-0.2, -0.15) is 0 Å². The number of furan rings is 1. The van der Waals surface area contributed by atoms with Crippen molar-refractivity contribution in [2.45, 2.75) is 0 Å². The van der Waals surface area contributed by atoms with Gasteiger partial charge in [-0.15, -0.1) is 10.2 Å². The molecule has 0 aliphatic carbocycles. The number of hydrogen-bond donors (Lipinski definition) is 1. The topological polar surface area (TPSA) is 99.4 Å². The van der Waals surface area contributed by atoms with Crippen molar-refractivity contribution in [2.75, 3.05) is 20.3 Å². The molecular formula is C21H18N4O4. The van der Waals surface area contributed by atoms with Gasteiger partial charge in [0.2, 0.25) is 5.88 Å². The number of aromatic nitrogens is 3. The lowest BCUT2D eigenvalue weighted by Gasteiger charge is -2.06. The number of hydrogen-bond acceptors (Lipinski definition) is 7. The highest BCUT2D eigenvalue weighted by atomic mass is 16.5. The summed E-state index contributed by atoms with van der Waals surface area (Å²) in [4.78, 5) is 16.3. The second-order valence-corrected chi connectivity index (χ2v) is 6.09. The number of benzene rings is 1. The molecule has 8 heteroatoms. The molecule has 0 saturated carbocycles. The lowest BCUT2D eigenvalue weighted by atomic mass is 10.2. The average molecular weight is 390 g/mol. The van der Waals surface area contributed by atoms with E-state index in [9.17, 15) is 4.79 Å². The number of nitrogens with zero attached hydrogens (tertiary/aromatic N) is 3. The van der Waals surface area contributed by atoms with Gasteiger partial charge in [-0.05, 0) is 30.3 Å². The van der Waals surface area contributed by atoms with E-state index in [-0.39, 0.29) is 18.3 Å². The van der Waals surface area contributed by atoms with Gasteiger partial charge in [0.1, 0.15) is 6.61 Å². The van der Waals surface area contributed by atoms with E-state index >= 15 is 0 Å². The van der Waals surface area contributed by atoms with E-state index in [1.807, 2.05) is 24.3 Å². The molecule has 0 spiro atoms. The van der Waals surface area contributed by atoms with Crippen LogP contribution >= 0.6 is 0 Å². The normalized spacial score (nSPS) is 10.7. The van der Waals surface area contributed by atoms with E-state index in [1.54, 1.807) is 43.8 Å². The Morgan fingerprint density at radius 1 is 1.14 bits per heavy atom. The Morgan fingerprint density at radius 2 is 2.07 bits per heavy atom. The summed E-state index contributed by atoms with van der Waals surface area (Å²) < 4.78 is 16.4. The van der Waals surface area contributed by atoms with Crippen LogP contribution in [0.5, 0.6) is 11.6 Å². The Kier molecular flexibility index (Phi) is 5.33. The predicted octanol–water partition coefficient (Wildman–Crippen LogP) is 3.10. The summed E-state index contributed by atoms with van der Waals surface area (Å²) in [6.45, 7) is 0.537. The summed E-state index contributed by atoms with van der Waals surface area (Å²) in [5.41, 5.74) is 2.13. The Balaban J connectivity index is 1.30. The SMILES string of the molecule is COc1cccc2cc(C(=O)NCCOc3ccc(-c4cccnc4)nn3)oc12. The number of nitrogens with one attached hydrogen (secondary N) is 1. The van der Waals surface area contributed by atoms with Gasteiger partial charge >= 0.3 is 0 Å². The van der Waals surface area contributed by atoms with E-state index in [2.05, 4.69) is 20.5 Å². The summed E-state index contributed by atoms with van der Waals surface area (Å²) in [5.74, 6) is 0.841. The third-order valence-electron chi connectivity index (χ3n) is 4.19. The van der Waals surface area contributed by atoms with Crippen LogP contribution in [0, 0.1) is 0 Å². The molecule has 0 bridgehead atoms. The van der Waals surface area contributed by atoms with Crippen LogP contribution in [0.3, 0.4) is 0 Å². The molecular weight excluding hydrogens is 372 g/mol. The number of rotatable bonds is 7. The van der Waals surface area contributed by atoms with Crippen LogP contribution < -0.4 is 14.8 Å². The highest BCUT2D eigenvalue weighted by molar-refractivity contribution is 5.97. The first-order chi connectivity index (χ1) is 14.2. The molecule has 1 N–H and O–H groups in total. The van der Waals surface area contributed by atoms with E-state index in [4.69, 9.17) is 13.9 Å². The number of para-hydroxylation sites is 1. The number of carbonyl (C=O) groups excluding carboxylic acids is 1. The van der Waals surface area contributed by atoms with E-state index in [0.29, 0.717) is 29.5 Å². The first kappa shape index (κ1) is 18.4. The zero-order valence-corrected chi connectivity index (χ0v) is 15.7. The van der Waals surface area contributed by atoms with E-state index in [0.717, 1.165) is 10.9 Å². The van der Waals surface area contributed by atoms with E-state index in [1.165, 1.54) is 0 Å². The molecule has 1 amide bonds. The van der Waals surface area contributed by atoms with Crippen LogP contribution in [-0.2, 0) is 0 Å². The van der Waals surface area contributed by atoms with Gasteiger partial charge in [-0.3, -0.25) is 9.78 Å². The number of methoxy groups -OCH3 is 1. The number of fused-ring (bicyclic) bond motifs is 1. The maximum absolute atomic E-state index is 12.3. The summed E-state index contributed by atoms with van der Waals surface area (Å²) in [6.07, 6.45) is 3.41. The average Bonchev–Trinajstić information content (AvgIpc) is 3.22. The quantitative estimate of drug-likeness (QED) is 0.484. The molecule has 0 radical (unpaired) electrons. The van der Waals surface area contributed by atoms with Crippen molar-refractivity contribution >= 4 is 16.9 Å². The monoisotopic (exact) mass is 390 g/mol. The second-order valence-electron chi connectivity index (χ2n) is 6.09. The van der Waals surface area contributed by atoms with Crippen molar-refractivity contribution in [3.8, 4) is 22.9 Å². The Hall–Kier alpha value is -3.94. The van der Waals surface area contributed by atoms with Crippen molar-refractivity contribution < 1.29 is 18.7 Å². The minimum atomic E-state index is -0.329. The molecule has 8 nitrogen and oxygen atoms in total. The maximum atomic E-state index is 12.3. The molecule has 4 rings (SSSR count). The fraction of sp³-hybridized carbons (Fsp3) is 0.143. The molecule has 0 aliphatic rings. The predicted molar refractivity (Wildman–Crippen MR) is 106 cm³/mol. The zero-order chi connectivity index (χ0) is 20.1. The molecule has 1 aromatic carbocycles. The molecule has 0 unspecified atom stereocenters. The van der Waals surface area contributed by atoms with Crippen LogP contribution in [0.15, 0.2) is 65.3 Å². The molecule has 146 valence electrons.